The van der Waals surface area contributed by atoms with Crippen LogP contribution in [0.4, 0.5) is 0 Å². The summed E-state index contributed by atoms with van der Waals surface area (Å²) in [5, 5.41) is 0. The van der Waals surface area contributed by atoms with Crippen LogP contribution in [0.2, 0.25) is 0 Å². The van der Waals surface area contributed by atoms with E-state index >= 15 is 0 Å². The van der Waals surface area contributed by atoms with Crippen LogP contribution in [0.1, 0.15) is 57.4 Å². The molecule has 0 N–H and O–H groups in total. The number of rotatable bonds is 4. The molecule has 0 radical (unpaired) electrons. The van der Waals surface area contributed by atoms with Gasteiger partial charge in [0.2, 0.25) is 5.91 Å². The van der Waals surface area contributed by atoms with E-state index in [1.54, 1.807) is 6.92 Å². The SMILES string of the molecule is CC(=O)N(Cc1cncnc1)[C@@H]1CCCN(C2CCCC2)CC1. The van der Waals surface area contributed by atoms with Gasteiger partial charge < -0.3 is 9.80 Å². The van der Waals surface area contributed by atoms with Crippen molar-refractivity contribution in [3.8, 4) is 0 Å². The number of aromatic nitrogens is 2. The highest BCUT2D eigenvalue weighted by Crippen LogP contribution is 2.27. The van der Waals surface area contributed by atoms with Crippen molar-refractivity contribution >= 4 is 5.91 Å². The normalized spacial score (nSPS) is 23.6. The molecule has 126 valence electrons. The van der Waals surface area contributed by atoms with Gasteiger partial charge in [-0.2, -0.15) is 0 Å². The van der Waals surface area contributed by atoms with Crippen molar-refractivity contribution in [2.24, 2.45) is 0 Å². The van der Waals surface area contributed by atoms with Crippen LogP contribution >= 0.6 is 0 Å². The Kier molecular flexibility index (Phi) is 5.60. The van der Waals surface area contributed by atoms with E-state index in [2.05, 4.69) is 14.9 Å². The van der Waals surface area contributed by atoms with Crippen molar-refractivity contribution < 1.29 is 4.79 Å². The quantitative estimate of drug-likeness (QED) is 0.857. The van der Waals surface area contributed by atoms with Gasteiger partial charge in [-0.3, -0.25) is 4.79 Å². The average molecular weight is 316 g/mol. The van der Waals surface area contributed by atoms with Crippen LogP contribution < -0.4 is 0 Å². The molecule has 1 aromatic rings. The van der Waals surface area contributed by atoms with Crippen molar-refractivity contribution in [3.05, 3.63) is 24.3 Å². The minimum Gasteiger partial charge on any atom is -0.335 e. The van der Waals surface area contributed by atoms with E-state index in [0.717, 1.165) is 31.0 Å². The Hall–Kier alpha value is -1.49. The van der Waals surface area contributed by atoms with Gasteiger partial charge in [0.05, 0.1) is 0 Å². The Bertz CT molecular complexity index is 501. The molecule has 1 saturated heterocycles. The lowest BCUT2D eigenvalue weighted by Gasteiger charge is -2.31. The Balaban J connectivity index is 1.62. The second-order valence-electron chi connectivity index (χ2n) is 6.95. The lowest BCUT2D eigenvalue weighted by atomic mass is 10.1. The lowest BCUT2D eigenvalue weighted by Crippen LogP contribution is -2.40. The average Bonchev–Trinajstić information content (AvgIpc) is 2.99. The summed E-state index contributed by atoms with van der Waals surface area (Å²) in [4.78, 5) is 25.0. The topological polar surface area (TPSA) is 49.3 Å². The number of carbonyl (C=O) groups excluding carboxylic acids is 1. The van der Waals surface area contributed by atoms with E-state index in [9.17, 15) is 4.79 Å². The van der Waals surface area contributed by atoms with Gasteiger partial charge in [0.15, 0.2) is 0 Å². The van der Waals surface area contributed by atoms with E-state index in [-0.39, 0.29) is 5.91 Å². The summed E-state index contributed by atoms with van der Waals surface area (Å²) in [5.74, 6) is 0.160. The highest BCUT2D eigenvalue weighted by molar-refractivity contribution is 5.73. The first-order valence-corrected chi connectivity index (χ1v) is 8.99. The Morgan fingerprint density at radius 2 is 1.87 bits per heavy atom. The van der Waals surface area contributed by atoms with E-state index < -0.39 is 0 Å². The maximum absolute atomic E-state index is 12.2. The summed E-state index contributed by atoms with van der Waals surface area (Å²) in [7, 11) is 0. The molecule has 1 saturated carbocycles. The number of hydrogen-bond donors (Lipinski definition) is 0. The molecule has 0 unspecified atom stereocenters. The molecule has 0 aromatic carbocycles. The van der Waals surface area contributed by atoms with Crippen molar-refractivity contribution in [1.29, 1.82) is 0 Å². The Labute approximate surface area is 139 Å². The summed E-state index contributed by atoms with van der Waals surface area (Å²) in [6, 6.07) is 1.14. The lowest BCUT2D eigenvalue weighted by molar-refractivity contribution is -0.132. The first-order chi connectivity index (χ1) is 11.2. The molecule has 1 aliphatic carbocycles. The number of nitrogens with zero attached hydrogens (tertiary/aromatic N) is 4. The van der Waals surface area contributed by atoms with Gasteiger partial charge in [-0.1, -0.05) is 12.8 Å². The van der Waals surface area contributed by atoms with E-state index in [0.29, 0.717) is 12.6 Å². The van der Waals surface area contributed by atoms with E-state index in [1.807, 2.05) is 17.3 Å². The predicted octanol–water partition coefficient (Wildman–Crippen LogP) is 2.62. The molecular formula is C18H28N4O. The largest absolute Gasteiger partial charge is 0.335 e. The molecule has 5 nitrogen and oxygen atoms in total. The minimum absolute atomic E-state index is 0.160. The molecule has 3 rings (SSSR count). The van der Waals surface area contributed by atoms with Crippen LogP contribution in [0.15, 0.2) is 18.7 Å². The molecule has 1 atom stereocenters. The maximum atomic E-state index is 12.2. The summed E-state index contributed by atoms with van der Waals surface area (Å²) >= 11 is 0. The molecule has 0 spiro atoms. The third kappa shape index (κ3) is 4.28. The van der Waals surface area contributed by atoms with Crippen LogP contribution in [-0.2, 0) is 11.3 Å². The smallest absolute Gasteiger partial charge is 0.219 e. The molecule has 1 amide bonds. The van der Waals surface area contributed by atoms with E-state index in [1.165, 1.54) is 45.0 Å². The summed E-state index contributed by atoms with van der Waals surface area (Å²) in [6.45, 7) is 4.64. The molecule has 2 heterocycles. The highest BCUT2D eigenvalue weighted by Gasteiger charge is 2.28. The Morgan fingerprint density at radius 1 is 1.13 bits per heavy atom. The second kappa shape index (κ2) is 7.86. The monoisotopic (exact) mass is 316 g/mol. The summed E-state index contributed by atoms with van der Waals surface area (Å²) < 4.78 is 0. The third-order valence-electron chi connectivity index (χ3n) is 5.39. The molecular weight excluding hydrogens is 288 g/mol. The Morgan fingerprint density at radius 3 is 2.57 bits per heavy atom. The third-order valence-corrected chi connectivity index (χ3v) is 5.39. The van der Waals surface area contributed by atoms with Crippen molar-refractivity contribution in [2.45, 2.75) is 70.5 Å². The van der Waals surface area contributed by atoms with Crippen molar-refractivity contribution in [2.75, 3.05) is 13.1 Å². The van der Waals surface area contributed by atoms with Crippen LogP contribution in [0.25, 0.3) is 0 Å². The number of likely N-dealkylation sites (tertiary alicyclic amines) is 1. The van der Waals surface area contributed by atoms with Crippen LogP contribution in [0.5, 0.6) is 0 Å². The zero-order valence-corrected chi connectivity index (χ0v) is 14.2. The maximum Gasteiger partial charge on any atom is 0.219 e. The first-order valence-electron chi connectivity index (χ1n) is 8.99. The molecule has 23 heavy (non-hydrogen) atoms. The van der Waals surface area contributed by atoms with Crippen molar-refractivity contribution in [3.63, 3.8) is 0 Å². The zero-order valence-electron chi connectivity index (χ0n) is 14.2. The van der Waals surface area contributed by atoms with Gasteiger partial charge in [0.1, 0.15) is 6.33 Å². The van der Waals surface area contributed by atoms with Gasteiger partial charge in [-0.25, -0.2) is 9.97 Å². The zero-order chi connectivity index (χ0) is 16.1. The summed E-state index contributed by atoms with van der Waals surface area (Å²) in [6.07, 6.45) is 14.0. The van der Waals surface area contributed by atoms with E-state index in [4.69, 9.17) is 0 Å². The van der Waals surface area contributed by atoms with Crippen LogP contribution in [0, 0.1) is 0 Å². The fourth-order valence-electron chi connectivity index (χ4n) is 4.15. The van der Waals surface area contributed by atoms with Gasteiger partial charge in [0, 0.05) is 50.1 Å². The summed E-state index contributed by atoms with van der Waals surface area (Å²) in [5.41, 5.74) is 1.01. The standard InChI is InChI=1S/C18H28N4O/c1-15(23)22(13-16-11-19-14-20-12-16)18-7-4-9-21(10-8-18)17-5-2-3-6-17/h11-12,14,17-18H,2-10,13H2,1H3/t18-/m1/s1. The molecule has 1 aliphatic heterocycles. The molecule has 0 bridgehead atoms. The molecule has 5 heteroatoms. The second-order valence-corrected chi connectivity index (χ2v) is 6.95. The fraction of sp³-hybridized carbons (Fsp3) is 0.722. The molecule has 2 aliphatic rings. The number of carbonyl (C=O) groups is 1. The fourth-order valence-corrected chi connectivity index (χ4v) is 4.15. The van der Waals surface area contributed by atoms with Gasteiger partial charge in [-0.05, 0) is 38.6 Å². The first kappa shape index (κ1) is 16.4. The highest BCUT2D eigenvalue weighted by atomic mass is 16.2. The van der Waals surface area contributed by atoms with Gasteiger partial charge in [-0.15, -0.1) is 0 Å². The molecule has 1 aromatic heterocycles. The predicted molar refractivity (Wildman–Crippen MR) is 89.7 cm³/mol. The molecule has 2 fully saturated rings. The van der Waals surface area contributed by atoms with Crippen LogP contribution in [0.3, 0.4) is 0 Å². The van der Waals surface area contributed by atoms with Crippen molar-refractivity contribution in [1.82, 2.24) is 19.8 Å². The number of hydrogen-bond acceptors (Lipinski definition) is 4. The number of amides is 1. The van der Waals surface area contributed by atoms with Gasteiger partial charge >= 0.3 is 0 Å². The van der Waals surface area contributed by atoms with Gasteiger partial charge in [0.25, 0.3) is 0 Å². The van der Waals surface area contributed by atoms with Crippen LogP contribution in [-0.4, -0.2) is 50.8 Å². The minimum atomic E-state index is 0.160.